The highest BCUT2D eigenvalue weighted by atomic mass is 35.5. The molecular formula is C7H11ClN2O2. The Morgan fingerprint density at radius 1 is 1.58 bits per heavy atom. The molecule has 0 aliphatic rings. The fourth-order valence-corrected chi connectivity index (χ4v) is 0.763. The van der Waals surface area contributed by atoms with Gasteiger partial charge in [0, 0.05) is 6.61 Å². The molecule has 0 saturated carbocycles. The summed E-state index contributed by atoms with van der Waals surface area (Å²) >= 11 is 5.71. The van der Waals surface area contributed by atoms with Crippen molar-refractivity contribution in [3.05, 3.63) is 11.8 Å². The van der Waals surface area contributed by atoms with Crippen LogP contribution in [0.4, 0.5) is 0 Å². The van der Waals surface area contributed by atoms with Crippen LogP contribution in [0.5, 0.6) is 0 Å². The van der Waals surface area contributed by atoms with Crippen LogP contribution in [0.15, 0.2) is 4.42 Å². The standard InChI is InChI=1S/C7H11ClN2O2/c1-3-11-4-6-9-10-7(12-6)5(2)8/h5H,3-4H2,1-2H3. The molecule has 0 saturated heterocycles. The molecule has 0 radical (unpaired) electrons. The fourth-order valence-electron chi connectivity index (χ4n) is 0.675. The van der Waals surface area contributed by atoms with E-state index in [1.165, 1.54) is 0 Å². The first-order valence-electron chi connectivity index (χ1n) is 3.78. The minimum atomic E-state index is -0.243. The van der Waals surface area contributed by atoms with Crippen molar-refractivity contribution in [3.8, 4) is 0 Å². The van der Waals surface area contributed by atoms with E-state index < -0.39 is 0 Å². The minimum absolute atomic E-state index is 0.243. The summed E-state index contributed by atoms with van der Waals surface area (Å²) in [6.45, 7) is 4.67. The van der Waals surface area contributed by atoms with Gasteiger partial charge in [-0.2, -0.15) is 0 Å². The van der Waals surface area contributed by atoms with Crippen molar-refractivity contribution in [3.63, 3.8) is 0 Å². The Labute approximate surface area is 75.9 Å². The van der Waals surface area contributed by atoms with Crippen molar-refractivity contribution in [1.29, 1.82) is 0 Å². The van der Waals surface area contributed by atoms with E-state index in [1.807, 2.05) is 6.92 Å². The lowest BCUT2D eigenvalue weighted by Crippen LogP contribution is -1.91. The first-order chi connectivity index (χ1) is 5.74. The zero-order valence-electron chi connectivity index (χ0n) is 7.08. The fraction of sp³-hybridized carbons (Fsp3) is 0.714. The minimum Gasteiger partial charge on any atom is -0.421 e. The molecule has 1 rings (SSSR count). The van der Waals surface area contributed by atoms with Gasteiger partial charge in [0.15, 0.2) is 0 Å². The molecule has 0 aliphatic carbocycles. The second kappa shape index (κ2) is 4.42. The van der Waals surface area contributed by atoms with E-state index in [0.29, 0.717) is 25.0 Å². The maximum atomic E-state index is 5.71. The Morgan fingerprint density at radius 2 is 2.33 bits per heavy atom. The smallest absolute Gasteiger partial charge is 0.242 e. The summed E-state index contributed by atoms with van der Waals surface area (Å²) in [6, 6.07) is 0. The molecule has 0 fully saturated rings. The van der Waals surface area contributed by atoms with Crippen molar-refractivity contribution < 1.29 is 9.15 Å². The Bertz CT molecular complexity index is 237. The van der Waals surface area contributed by atoms with Crippen LogP contribution in [0, 0.1) is 0 Å². The van der Waals surface area contributed by atoms with Gasteiger partial charge < -0.3 is 9.15 Å². The van der Waals surface area contributed by atoms with Crippen molar-refractivity contribution in [1.82, 2.24) is 10.2 Å². The van der Waals surface area contributed by atoms with Crippen LogP contribution in [0.3, 0.4) is 0 Å². The summed E-state index contributed by atoms with van der Waals surface area (Å²) in [7, 11) is 0. The Kier molecular flexibility index (Phi) is 3.49. The molecule has 0 N–H and O–H groups in total. The van der Waals surface area contributed by atoms with E-state index in [4.69, 9.17) is 20.8 Å². The number of aromatic nitrogens is 2. The van der Waals surface area contributed by atoms with Crippen LogP contribution in [0.1, 0.15) is 31.0 Å². The van der Waals surface area contributed by atoms with Gasteiger partial charge in [0.25, 0.3) is 0 Å². The van der Waals surface area contributed by atoms with Gasteiger partial charge in [0.1, 0.15) is 12.0 Å². The van der Waals surface area contributed by atoms with E-state index in [1.54, 1.807) is 6.92 Å². The molecule has 1 atom stereocenters. The van der Waals surface area contributed by atoms with Crippen LogP contribution in [0.2, 0.25) is 0 Å². The monoisotopic (exact) mass is 190 g/mol. The number of ether oxygens (including phenoxy) is 1. The van der Waals surface area contributed by atoms with Crippen molar-refractivity contribution in [2.75, 3.05) is 6.61 Å². The van der Waals surface area contributed by atoms with Gasteiger partial charge in [0.2, 0.25) is 11.8 Å². The highest BCUT2D eigenvalue weighted by molar-refractivity contribution is 6.20. The molecule has 1 heterocycles. The molecule has 0 bridgehead atoms. The zero-order chi connectivity index (χ0) is 8.97. The molecule has 1 aromatic heterocycles. The van der Waals surface area contributed by atoms with Gasteiger partial charge in [-0.1, -0.05) is 0 Å². The van der Waals surface area contributed by atoms with Gasteiger partial charge in [-0.3, -0.25) is 0 Å². The summed E-state index contributed by atoms with van der Waals surface area (Å²) in [6.07, 6.45) is 0. The van der Waals surface area contributed by atoms with Gasteiger partial charge >= 0.3 is 0 Å². The molecule has 12 heavy (non-hydrogen) atoms. The third kappa shape index (κ3) is 2.46. The number of halogens is 1. The number of hydrogen-bond acceptors (Lipinski definition) is 4. The molecule has 0 aliphatic heterocycles. The molecular weight excluding hydrogens is 180 g/mol. The Hall–Kier alpha value is -0.610. The number of alkyl halides is 1. The SMILES string of the molecule is CCOCc1nnc(C(C)Cl)o1. The van der Waals surface area contributed by atoms with Crippen molar-refractivity contribution >= 4 is 11.6 Å². The largest absolute Gasteiger partial charge is 0.421 e. The summed E-state index contributed by atoms with van der Waals surface area (Å²) in [5, 5.41) is 7.25. The third-order valence-corrected chi connectivity index (χ3v) is 1.44. The molecule has 5 heteroatoms. The Morgan fingerprint density at radius 3 is 2.83 bits per heavy atom. The second-order valence-electron chi connectivity index (χ2n) is 2.29. The van der Waals surface area contributed by atoms with Crippen molar-refractivity contribution in [2.45, 2.75) is 25.8 Å². The van der Waals surface area contributed by atoms with Gasteiger partial charge in [-0.15, -0.1) is 21.8 Å². The zero-order valence-corrected chi connectivity index (χ0v) is 7.84. The van der Waals surface area contributed by atoms with E-state index in [-0.39, 0.29) is 5.38 Å². The summed E-state index contributed by atoms with van der Waals surface area (Å²) in [4.78, 5) is 0. The maximum absolute atomic E-state index is 5.71. The topological polar surface area (TPSA) is 48.2 Å². The molecule has 68 valence electrons. The molecule has 4 nitrogen and oxygen atoms in total. The first-order valence-corrected chi connectivity index (χ1v) is 4.21. The molecule has 0 amide bonds. The summed E-state index contributed by atoms with van der Waals surface area (Å²) in [5.74, 6) is 0.908. The van der Waals surface area contributed by atoms with Gasteiger partial charge in [0.05, 0.1) is 0 Å². The molecule has 1 aromatic rings. The molecule has 0 spiro atoms. The van der Waals surface area contributed by atoms with E-state index in [9.17, 15) is 0 Å². The van der Waals surface area contributed by atoms with Gasteiger partial charge in [-0.05, 0) is 13.8 Å². The average molecular weight is 191 g/mol. The average Bonchev–Trinajstić information content (AvgIpc) is 2.48. The highest BCUT2D eigenvalue weighted by Crippen LogP contribution is 2.17. The van der Waals surface area contributed by atoms with Crippen molar-refractivity contribution in [2.24, 2.45) is 0 Å². The van der Waals surface area contributed by atoms with Crippen LogP contribution < -0.4 is 0 Å². The highest BCUT2D eigenvalue weighted by Gasteiger charge is 2.10. The molecule has 0 aromatic carbocycles. The predicted molar refractivity (Wildman–Crippen MR) is 43.9 cm³/mol. The second-order valence-corrected chi connectivity index (χ2v) is 2.94. The summed E-state index contributed by atoms with van der Waals surface area (Å²) in [5.41, 5.74) is 0. The lowest BCUT2D eigenvalue weighted by Gasteiger charge is -1.94. The number of hydrogen-bond donors (Lipinski definition) is 0. The van der Waals surface area contributed by atoms with Crippen LogP contribution in [-0.4, -0.2) is 16.8 Å². The van der Waals surface area contributed by atoms with Crippen LogP contribution >= 0.6 is 11.6 Å². The number of nitrogens with zero attached hydrogens (tertiary/aromatic N) is 2. The maximum Gasteiger partial charge on any atom is 0.242 e. The Balaban J connectivity index is 2.52. The normalized spacial score (nSPS) is 13.2. The lowest BCUT2D eigenvalue weighted by atomic mass is 10.5. The van der Waals surface area contributed by atoms with Crippen LogP contribution in [-0.2, 0) is 11.3 Å². The van der Waals surface area contributed by atoms with Crippen LogP contribution in [0.25, 0.3) is 0 Å². The number of rotatable bonds is 4. The summed E-state index contributed by atoms with van der Waals surface area (Å²) < 4.78 is 10.2. The predicted octanol–water partition coefficient (Wildman–Crippen LogP) is 1.91. The lowest BCUT2D eigenvalue weighted by molar-refractivity contribution is 0.113. The molecule has 1 unspecified atom stereocenters. The third-order valence-electron chi connectivity index (χ3n) is 1.25. The van der Waals surface area contributed by atoms with E-state index in [0.717, 1.165) is 0 Å². The van der Waals surface area contributed by atoms with Gasteiger partial charge in [-0.25, -0.2) is 0 Å². The quantitative estimate of drug-likeness (QED) is 0.681. The van der Waals surface area contributed by atoms with E-state index >= 15 is 0 Å². The first kappa shape index (κ1) is 9.48. The van der Waals surface area contributed by atoms with E-state index in [2.05, 4.69) is 10.2 Å².